The van der Waals surface area contributed by atoms with Crippen molar-refractivity contribution in [3.05, 3.63) is 0 Å². The first-order valence-electron chi connectivity index (χ1n) is 7.08. The molecule has 1 unspecified atom stereocenters. The summed E-state index contributed by atoms with van der Waals surface area (Å²) < 4.78 is 0. The van der Waals surface area contributed by atoms with E-state index in [9.17, 15) is 9.59 Å². The third-order valence-corrected chi connectivity index (χ3v) is 4.25. The molecule has 19 heavy (non-hydrogen) atoms. The van der Waals surface area contributed by atoms with Crippen LogP contribution in [-0.4, -0.2) is 55.5 Å². The molecule has 2 amide bonds. The van der Waals surface area contributed by atoms with E-state index in [0.29, 0.717) is 12.5 Å². The average Bonchev–Trinajstić information content (AvgIpc) is 2.28. The van der Waals surface area contributed by atoms with Crippen molar-refractivity contribution in [1.82, 2.24) is 15.5 Å². The molecule has 2 fully saturated rings. The Morgan fingerprint density at radius 3 is 2.47 bits per heavy atom. The van der Waals surface area contributed by atoms with Crippen LogP contribution >= 0.6 is 0 Å². The number of amides is 2. The minimum absolute atomic E-state index is 0.0879. The minimum Gasteiger partial charge on any atom is -0.369 e. The maximum Gasteiger partial charge on any atom is 0.231 e. The molecule has 0 aromatic rings. The van der Waals surface area contributed by atoms with Gasteiger partial charge in [-0.1, -0.05) is 6.92 Å². The molecule has 0 radical (unpaired) electrons. The average molecular weight is 268 g/mol. The maximum absolute atomic E-state index is 12.1. The number of hydrogen-bond acceptors (Lipinski definition) is 4. The number of piperidine rings is 1. The fourth-order valence-electron chi connectivity index (χ4n) is 2.67. The van der Waals surface area contributed by atoms with Gasteiger partial charge in [-0.15, -0.1) is 0 Å². The van der Waals surface area contributed by atoms with Crippen LogP contribution in [0.15, 0.2) is 0 Å². The van der Waals surface area contributed by atoms with Crippen LogP contribution < -0.4 is 16.4 Å². The molecular weight excluding hydrogens is 244 g/mol. The minimum atomic E-state index is -0.284. The molecule has 0 bridgehead atoms. The van der Waals surface area contributed by atoms with Crippen molar-refractivity contribution < 1.29 is 9.59 Å². The molecule has 0 aliphatic carbocycles. The predicted octanol–water partition coefficient (Wildman–Crippen LogP) is -1.09. The normalized spacial score (nSPS) is 23.6. The van der Waals surface area contributed by atoms with Crippen LogP contribution in [0.5, 0.6) is 0 Å². The van der Waals surface area contributed by atoms with Crippen LogP contribution in [0.1, 0.15) is 19.8 Å². The third-order valence-electron chi connectivity index (χ3n) is 4.25. The van der Waals surface area contributed by atoms with Gasteiger partial charge in [0.15, 0.2) is 0 Å². The highest BCUT2D eigenvalue weighted by Gasteiger charge is 2.30. The molecule has 2 heterocycles. The molecule has 2 aliphatic rings. The van der Waals surface area contributed by atoms with E-state index in [4.69, 9.17) is 5.73 Å². The van der Waals surface area contributed by atoms with E-state index in [2.05, 4.69) is 10.6 Å². The van der Waals surface area contributed by atoms with Gasteiger partial charge in [0.2, 0.25) is 11.8 Å². The summed E-state index contributed by atoms with van der Waals surface area (Å²) in [5.74, 6) is 0.452. The molecule has 2 saturated heterocycles. The number of nitrogens with two attached hydrogens (primary N) is 1. The summed E-state index contributed by atoms with van der Waals surface area (Å²) in [6.07, 6.45) is 1.79. The molecule has 2 aliphatic heterocycles. The lowest BCUT2D eigenvalue weighted by Crippen LogP contribution is -2.52. The van der Waals surface area contributed by atoms with E-state index in [1.54, 1.807) is 0 Å². The third kappa shape index (κ3) is 3.91. The Morgan fingerprint density at radius 1 is 1.37 bits per heavy atom. The number of likely N-dealkylation sites (tertiary alicyclic amines) is 1. The van der Waals surface area contributed by atoms with Crippen LogP contribution in [0.4, 0.5) is 0 Å². The Kier molecular flexibility index (Phi) is 4.76. The number of nitrogens with zero attached hydrogens (tertiary/aromatic N) is 1. The van der Waals surface area contributed by atoms with E-state index in [1.807, 2.05) is 11.8 Å². The van der Waals surface area contributed by atoms with Crippen molar-refractivity contribution in [1.29, 1.82) is 0 Å². The highest BCUT2D eigenvalue weighted by Crippen LogP contribution is 2.17. The fraction of sp³-hybridized carbons (Fsp3) is 0.846. The van der Waals surface area contributed by atoms with E-state index in [1.165, 1.54) is 0 Å². The molecule has 1 atom stereocenters. The first-order chi connectivity index (χ1) is 9.06. The Bertz CT molecular complexity index is 336. The van der Waals surface area contributed by atoms with Gasteiger partial charge in [-0.05, 0) is 31.8 Å². The van der Waals surface area contributed by atoms with Crippen molar-refractivity contribution in [2.24, 2.45) is 17.6 Å². The Morgan fingerprint density at radius 2 is 2.00 bits per heavy atom. The van der Waals surface area contributed by atoms with Crippen LogP contribution in [0, 0.1) is 11.8 Å². The first kappa shape index (κ1) is 14.3. The van der Waals surface area contributed by atoms with Crippen molar-refractivity contribution in [2.45, 2.75) is 25.8 Å². The molecule has 4 N–H and O–H groups in total. The zero-order chi connectivity index (χ0) is 13.8. The monoisotopic (exact) mass is 268 g/mol. The quantitative estimate of drug-likeness (QED) is 0.591. The van der Waals surface area contributed by atoms with Gasteiger partial charge in [-0.2, -0.15) is 0 Å². The van der Waals surface area contributed by atoms with Gasteiger partial charge < -0.3 is 16.4 Å². The largest absolute Gasteiger partial charge is 0.369 e. The number of carbonyl (C=O) groups is 2. The summed E-state index contributed by atoms with van der Waals surface area (Å²) in [6, 6.07) is 0.243. The Balaban J connectivity index is 1.69. The molecule has 108 valence electrons. The zero-order valence-corrected chi connectivity index (χ0v) is 11.5. The van der Waals surface area contributed by atoms with Crippen LogP contribution in [0.25, 0.3) is 0 Å². The van der Waals surface area contributed by atoms with Gasteiger partial charge in [-0.3, -0.25) is 14.5 Å². The lowest BCUT2D eigenvalue weighted by Gasteiger charge is -2.35. The van der Waals surface area contributed by atoms with Crippen molar-refractivity contribution in [3.8, 4) is 0 Å². The summed E-state index contributed by atoms with van der Waals surface area (Å²) in [6.45, 7) is 5.88. The lowest BCUT2D eigenvalue weighted by molar-refractivity contribution is -0.128. The lowest BCUT2D eigenvalue weighted by atomic mass is 9.88. The van der Waals surface area contributed by atoms with Crippen LogP contribution in [0.2, 0.25) is 0 Å². The van der Waals surface area contributed by atoms with Crippen LogP contribution in [0.3, 0.4) is 0 Å². The second-order valence-corrected chi connectivity index (χ2v) is 5.73. The van der Waals surface area contributed by atoms with Gasteiger partial charge in [0.25, 0.3) is 0 Å². The summed E-state index contributed by atoms with van der Waals surface area (Å²) in [4.78, 5) is 25.0. The van der Waals surface area contributed by atoms with E-state index >= 15 is 0 Å². The van der Waals surface area contributed by atoms with E-state index in [-0.39, 0.29) is 23.8 Å². The van der Waals surface area contributed by atoms with Gasteiger partial charge in [0.1, 0.15) is 0 Å². The summed E-state index contributed by atoms with van der Waals surface area (Å²) in [5, 5.41) is 6.33. The molecule has 0 aromatic heterocycles. The molecular formula is C13H24N4O2. The van der Waals surface area contributed by atoms with Gasteiger partial charge in [0.05, 0.1) is 6.54 Å². The second kappa shape index (κ2) is 6.34. The molecule has 0 saturated carbocycles. The Labute approximate surface area is 114 Å². The van der Waals surface area contributed by atoms with E-state index < -0.39 is 0 Å². The van der Waals surface area contributed by atoms with Gasteiger partial charge in [0, 0.05) is 25.0 Å². The second-order valence-electron chi connectivity index (χ2n) is 5.73. The highest BCUT2D eigenvalue weighted by atomic mass is 16.2. The summed E-state index contributed by atoms with van der Waals surface area (Å²) in [5.41, 5.74) is 5.18. The SMILES string of the molecule is CC(C(=O)NC1CCN(CC(N)=O)CC1)C1CNC1. The predicted molar refractivity (Wildman–Crippen MR) is 72.3 cm³/mol. The van der Waals surface area contributed by atoms with Crippen molar-refractivity contribution >= 4 is 11.8 Å². The topological polar surface area (TPSA) is 87.5 Å². The molecule has 6 nitrogen and oxygen atoms in total. The maximum atomic E-state index is 12.1. The van der Waals surface area contributed by atoms with Crippen LogP contribution in [-0.2, 0) is 9.59 Å². The smallest absolute Gasteiger partial charge is 0.231 e. The van der Waals surface area contributed by atoms with Crippen molar-refractivity contribution in [3.63, 3.8) is 0 Å². The first-order valence-corrected chi connectivity index (χ1v) is 7.08. The fourth-order valence-corrected chi connectivity index (χ4v) is 2.67. The van der Waals surface area contributed by atoms with Crippen molar-refractivity contribution in [2.75, 3.05) is 32.7 Å². The number of carbonyl (C=O) groups excluding carboxylic acids is 2. The molecule has 2 rings (SSSR count). The molecule has 0 aromatic carbocycles. The number of rotatable bonds is 5. The van der Waals surface area contributed by atoms with Gasteiger partial charge >= 0.3 is 0 Å². The molecule has 6 heteroatoms. The Hall–Kier alpha value is -1.14. The number of nitrogens with one attached hydrogen (secondary N) is 2. The summed E-state index contributed by atoms with van der Waals surface area (Å²) >= 11 is 0. The van der Waals surface area contributed by atoms with E-state index in [0.717, 1.165) is 39.0 Å². The highest BCUT2D eigenvalue weighted by molar-refractivity contribution is 5.79. The number of hydrogen-bond donors (Lipinski definition) is 3. The standard InChI is InChI=1S/C13H24N4O2/c1-9(10-6-15-7-10)13(19)16-11-2-4-17(5-3-11)8-12(14)18/h9-11,15H,2-8H2,1H3,(H2,14,18)(H,16,19). The zero-order valence-electron chi connectivity index (χ0n) is 11.5. The summed E-state index contributed by atoms with van der Waals surface area (Å²) in [7, 11) is 0. The number of primary amides is 1. The molecule has 0 spiro atoms. The van der Waals surface area contributed by atoms with Gasteiger partial charge in [-0.25, -0.2) is 0 Å².